The summed E-state index contributed by atoms with van der Waals surface area (Å²) in [4.78, 5) is 42.3. The van der Waals surface area contributed by atoms with E-state index < -0.39 is 139 Å². The van der Waals surface area contributed by atoms with Crippen LogP contribution in [-0.2, 0) is 0 Å². The van der Waals surface area contributed by atoms with Crippen LogP contribution in [0.25, 0.3) is 0 Å². The Morgan fingerprint density at radius 2 is 0.833 bits per heavy atom. The molecule has 0 radical (unpaired) electrons. The van der Waals surface area contributed by atoms with Crippen molar-refractivity contribution in [2.24, 2.45) is 17.2 Å². The summed E-state index contributed by atoms with van der Waals surface area (Å²) in [6.07, 6.45) is 3.50. The van der Waals surface area contributed by atoms with Crippen molar-refractivity contribution >= 4 is 23.7 Å². The Balaban J connectivity index is 0.000000405. The number of aromatic hydroxyl groups is 1. The second kappa shape index (κ2) is 22.9. The van der Waals surface area contributed by atoms with E-state index in [2.05, 4.69) is 15.2 Å². The normalized spacial score (nSPS) is 10.2. The van der Waals surface area contributed by atoms with Gasteiger partial charge in [0.05, 0.1) is 20.8 Å². The number of unbranched alkanes of at least 4 members (excludes halogenated alkanes) is 3. The smallest absolute Gasteiger partial charge is 0.341 e. The lowest BCUT2D eigenvalue weighted by atomic mass is 10.1. The maximum atomic E-state index is 13.7. The third kappa shape index (κ3) is 12.8. The van der Waals surface area contributed by atoms with Crippen molar-refractivity contribution in [2.45, 2.75) is 32.6 Å². The SMILES string of the molecule is CCCCCCOc1c(F)cc(F)c(C(N)=O)c1F.COc1c(F)cc(F)c(C(=O)O)c1F.COc1c(F)cc(F)c(C(N)=O)c1F.NC(=O)c1c(F)cc(F)c(O)c1F. The molecule has 0 atom stereocenters. The number of phenolic OH excluding ortho intramolecular Hbond substituents is 1. The second-order valence-electron chi connectivity index (χ2n) is 11.2. The first-order chi connectivity index (χ1) is 27.9. The van der Waals surface area contributed by atoms with Crippen molar-refractivity contribution in [3.63, 3.8) is 0 Å². The summed E-state index contributed by atoms with van der Waals surface area (Å²) in [6, 6.07) is 1.16. The average molecular weight is 878 g/mol. The van der Waals surface area contributed by atoms with Crippen molar-refractivity contribution in [3.05, 3.63) is 116 Å². The first kappa shape index (κ1) is 51.1. The van der Waals surface area contributed by atoms with Gasteiger partial charge in [-0.25, -0.2) is 57.5 Å². The highest BCUT2D eigenvalue weighted by atomic mass is 19.2. The molecule has 328 valence electrons. The fraction of sp³-hybridized carbons (Fsp3) is 0.222. The Labute approximate surface area is 330 Å². The Morgan fingerprint density at radius 3 is 1.20 bits per heavy atom. The molecule has 0 saturated heterocycles. The van der Waals surface area contributed by atoms with E-state index in [0.717, 1.165) is 33.5 Å². The molecule has 4 aromatic carbocycles. The molecule has 4 aromatic rings. The molecule has 0 spiro atoms. The van der Waals surface area contributed by atoms with Gasteiger partial charge in [0.25, 0.3) is 17.7 Å². The maximum Gasteiger partial charge on any atom is 0.341 e. The van der Waals surface area contributed by atoms with Crippen LogP contribution in [-0.4, -0.2) is 54.7 Å². The van der Waals surface area contributed by atoms with Crippen LogP contribution in [0.3, 0.4) is 0 Å². The number of nitrogens with two attached hydrogens (primary N) is 3. The predicted octanol–water partition coefficient (Wildman–Crippen LogP) is 7.09. The lowest BCUT2D eigenvalue weighted by Crippen LogP contribution is -2.17. The summed E-state index contributed by atoms with van der Waals surface area (Å²) in [5, 5.41) is 17.0. The molecular formula is C36H31F12N3O9. The first-order valence-electron chi connectivity index (χ1n) is 16.1. The van der Waals surface area contributed by atoms with Gasteiger partial charge in [-0.1, -0.05) is 26.2 Å². The molecule has 12 nitrogen and oxygen atoms in total. The monoisotopic (exact) mass is 877 g/mol. The number of carboxylic acid groups (broad SMARTS) is 1. The zero-order valence-electron chi connectivity index (χ0n) is 30.9. The minimum Gasteiger partial charge on any atom is -0.503 e. The van der Waals surface area contributed by atoms with Gasteiger partial charge in [0, 0.05) is 24.3 Å². The number of methoxy groups -OCH3 is 2. The van der Waals surface area contributed by atoms with Crippen LogP contribution in [0, 0.1) is 69.8 Å². The standard InChI is InChI=1S/C13H16F3NO2.C8H6F3NO2.C8H5F3O3.C7H4F3NO2/c1-2-3-4-5-6-19-12-9(15)7-8(14)10(11(12)16)13(17)18;2*1-14-7-4(10)2-3(9)5(6(7)11)8(12)13;8-2-1-3(9)6(12)5(10)4(2)7(11)13/h7H,2-6H2,1H3,(H2,17,18);2H,1H3,(H2,12,13);2H,1H3,(H,12,13);1,12H,(H2,11,13). The van der Waals surface area contributed by atoms with E-state index in [-0.39, 0.29) is 18.7 Å². The number of halogens is 12. The third-order valence-corrected chi connectivity index (χ3v) is 7.14. The van der Waals surface area contributed by atoms with E-state index in [4.69, 9.17) is 26.4 Å². The van der Waals surface area contributed by atoms with Crippen molar-refractivity contribution in [2.75, 3.05) is 20.8 Å². The number of hydrogen-bond acceptors (Lipinski definition) is 8. The highest BCUT2D eigenvalue weighted by Crippen LogP contribution is 2.29. The highest BCUT2D eigenvalue weighted by Gasteiger charge is 2.26. The lowest BCUT2D eigenvalue weighted by molar-refractivity contribution is 0.0684. The molecule has 0 heterocycles. The number of hydrogen-bond donors (Lipinski definition) is 5. The maximum absolute atomic E-state index is 13.7. The Morgan fingerprint density at radius 1 is 0.500 bits per heavy atom. The summed E-state index contributed by atoms with van der Waals surface area (Å²) in [5.41, 5.74) is 9.73. The number of rotatable bonds is 12. The molecule has 8 N–H and O–H groups in total. The Kier molecular flexibility index (Phi) is 19.5. The number of carboxylic acids is 1. The predicted molar refractivity (Wildman–Crippen MR) is 182 cm³/mol. The van der Waals surface area contributed by atoms with Crippen LogP contribution in [0.5, 0.6) is 23.0 Å². The van der Waals surface area contributed by atoms with E-state index in [1.807, 2.05) is 6.92 Å². The largest absolute Gasteiger partial charge is 0.503 e. The number of primary amides is 3. The van der Waals surface area contributed by atoms with E-state index in [1.165, 1.54) is 0 Å². The van der Waals surface area contributed by atoms with Crippen molar-refractivity contribution in [1.29, 1.82) is 0 Å². The molecule has 0 aliphatic rings. The molecule has 0 aliphatic heterocycles. The van der Waals surface area contributed by atoms with Crippen LogP contribution in [0.1, 0.15) is 74.0 Å². The van der Waals surface area contributed by atoms with Crippen LogP contribution in [0.2, 0.25) is 0 Å². The minimum absolute atomic E-state index is 0.0949. The van der Waals surface area contributed by atoms with Gasteiger partial charge in [0.15, 0.2) is 69.5 Å². The molecule has 4 rings (SSSR count). The topological polar surface area (TPSA) is 214 Å². The molecule has 3 amide bonds. The lowest BCUT2D eigenvalue weighted by Gasteiger charge is -2.10. The summed E-state index contributed by atoms with van der Waals surface area (Å²) in [7, 11) is 1.94. The number of phenols is 1. The molecule has 0 fully saturated rings. The Bertz CT molecular complexity index is 2170. The molecule has 60 heavy (non-hydrogen) atoms. The molecule has 24 heteroatoms. The third-order valence-electron chi connectivity index (χ3n) is 7.14. The van der Waals surface area contributed by atoms with Crippen LogP contribution in [0.4, 0.5) is 52.7 Å². The highest BCUT2D eigenvalue weighted by molar-refractivity contribution is 5.95. The molecule has 0 aliphatic carbocycles. The van der Waals surface area contributed by atoms with Gasteiger partial charge < -0.3 is 41.6 Å². The van der Waals surface area contributed by atoms with Crippen molar-refractivity contribution < 1.29 is 96.3 Å². The molecule has 0 saturated carbocycles. The van der Waals surface area contributed by atoms with Gasteiger partial charge in [-0.3, -0.25) is 14.4 Å². The number of carbonyl (C=O) groups is 4. The number of carbonyl (C=O) groups excluding carboxylic acids is 3. The molecular weight excluding hydrogens is 846 g/mol. The molecule has 0 unspecified atom stereocenters. The zero-order chi connectivity index (χ0) is 46.3. The number of benzene rings is 4. The second-order valence-corrected chi connectivity index (χ2v) is 11.2. The first-order valence-corrected chi connectivity index (χ1v) is 16.1. The summed E-state index contributed by atoms with van der Waals surface area (Å²) in [5.74, 6) is -26.6. The average Bonchev–Trinajstić information content (AvgIpc) is 3.11. The molecule has 0 aromatic heterocycles. The van der Waals surface area contributed by atoms with Gasteiger partial charge in [-0.05, 0) is 6.42 Å². The van der Waals surface area contributed by atoms with Gasteiger partial charge in [0.1, 0.15) is 45.5 Å². The summed E-state index contributed by atoms with van der Waals surface area (Å²) >= 11 is 0. The molecule has 0 bridgehead atoms. The summed E-state index contributed by atoms with van der Waals surface area (Å²) < 4.78 is 169. The quantitative estimate of drug-likeness (QED) is 0.0725. The fourth-order valence-corrected chi connectivity index (χ4v) is 4.38. The summed E-state index contributed by atoms with van der Waals surface area (Å²) in [6.45, 7) is 2.12. The van der Waals surface area contributed by atoms with Crippen LogP contribution in [0.15, 0.2) is 24.3 Å². The van der Waals surface area contributed by atoms with Gasteiger partial charge in [-0.2, -0.15) is 0 Å². The van der Waals surface area contributed by atoms with Gasteiger partial charge in [0.2, 0.25) is 0 Å². The Hall–Kier alpha value is -6.88. The fourth-order valence-electron chi connectivity index (χ4n) is 4.38. The van der Waals surface area contributed by atoms with Crippen molar-refractivity contribution in [1.82, 2.24) is 0 Å². The van der Waals surface area contributed by atoms with Crippen LogP contribution < -0.4 is 31.4 Å². The van der Waals surface area contributed by atoms with E-state index in [1.54, 1.807) is 0 Å². The van der Waals surface area contributed by atoms with Crippen LogP contribution >= 0.6 is 0 Å². The number of aromatic carboxylic acids is 1. The van der Waals surface area contributed by atoms with Gasteiger partial charge >= 0.3 is 5.97 Å². The van der Waals surface area contributed by atoms with E-state index in [0.29, 0.717) is 18.6 Å². The van der Waals surface area contributed by atoms with E-state index >= 15 is 0 Å². The van der Waals surface area contributed by atoms with E-state index in [9.17, 15) is 71.9 Å². The zero-order valence-corrected chi connectivity index (χ0v) is 30.9. The number of amides is 3. The van der Waals surface area contributed by atoms with Crippen molar-refractivity contribution in [3.8, 4) is 23.0 Å². The number of ether oxygens (including phenoxy) is 3. The minimum atomic E-state index is -1.82. The van der Waals surface area contributed by atoms with Gasteiger partial charge in [-0.15, -0.1) is 0 Å².